The number of aromatic carboxylic acids is 1. The summed E-state index contributed by atoms with van der Waals surface area (Å²) < 4.78 is 41.6. The molecular formula is C9H4F3NO3. The van der Waals surface area contributed by atoms with E-state index in [-0.39, 0.29) is 11.1 Å². The predicted octanol–water partition coefficient (Wildman–Crippen LogP) is 2.54. The van der Waals surface area contributed by atoms with Crippen LogP contribution in [-0.4, -0.2) is 16.1 Å². The van der Waals surface area contributed by atoms with E-state index in [9.17, 15) is 18.0 Å². The number of fused-ring (bicyclic) bond motifs is 1. The summed E-state index contributed by atoms with van der Waals surface area (Å²) in [5.74, 6) is -2.06. The van der Waals surface area contributed by atoms with Crippen molar-refractivity contribution in [2.75, 3.05) is 0 Å². The quantitative estimate of drug-likeness (QED) is 0.819. The fourth-order valence-corrected chi connectivity index (χ4v) is 1.20. The smallest absolute Gasteiger partial charge is 0.416 e. The molecule has 0 fully saturated rings. The molecule has 0 bridgehead atoms. The fraction of sp³-hybridized carbons (Fsp3) is 0.111. The monoisotopic (exact) mass is 231 g/mol. The average Bonchev–Trinajstić information content (AvgIpc) is 2.58. The highest BCUT2D eigenvalue weighted by atomic mass is 19.4. The Kier molecular flexibility index (Phi) is 2.11. The van der Waals surface area contributed by atoms with Crippen LogP contribution < -0.4 is 0 Å². The number of halogens is 3. The molecule has 1 aromatic heterocycles. The minimum atomic E-state index is -4.49. The molecule has 0 aliphatic rings. The third-order valence-electron chi connectivity index (χ3n) is 1.90. The number of benzene rings is 1. The highest BCUT2D eigenvalue weighted by molar-refractivity contribution is 5.86. The molecule has 2 aromatic rings. The second-order valence-corrected chi connectivity index (χ2v) is 3.00. The molecule has 0 saturated heterocycles. The molecule has 0 unspecified atom stereocenters. The lowest BCUT2D eigenvalue weighted by Crippen LogP contribution is -2.04. The normalized spacial score (nSPS) is 11.9. The number of alkyl halides is 3. The molecule has 2 rings (SSSR count). The number of oxazole rings is 1. The van der Waals surface area contributed by atoms with E-state index in [0.29, 0.717) is 0 Å². The topological polar surface area (TPSA) is 63.3 Å². The van der Waals surface area contributed by atoms with E-state index in [2.05, 4.69) is 4.98 Å². The summed E-state index contributed by atoms with van der Waals surface area (Å²) in [4.78, 5) is 13.9. The van der Waals surface area contributed by atoms with E-state index in [0.717, 1.165) is 18.2 Å². The van der Waals surface area contributed by atoms with E-state index in [4.69, 9.17) is 9.52 Å². The largest absolute Gasteiger partial charge is 0.474 e. The van der Waals surface area contributed by atoms with Gasteiger partial charge in [0.05, 0.1) is 5.56 Å². The van der Waals surface area contributed by atoms with Crippen LogP contribution in [-0.2, 0) is 6.18 Å². The third kappa shape index (κ3) is 1.71. The Morgan fingerprint density at radius 2 is 2.06 bits per heavy atom. The maximum Gasteiger partial charge on any atom is 0.416 e. The van der Waals surface area contributed by atoms with Crippen LogP contribution in [0.15, 0.2) is 22.6 Å². The van der Waals surface area contributed by atoms with Crippen LogP contribution in [0.4, 0.5) is 13.2 Å². The van der Waals surface area contributed by atoms with Crippen LogP contribution in [0, 0.1) is 0 Å². The van der Waals surface area contributed by atoms with Gasteiger partial charge in [-0.25, -0.2) is 9.78 Å². The van der Waals surface area contributed by atoms with Gasteiger partial charge in [0.15, 0.2) is 5.58 Å². The lowest BCUT2D eigenvalue weighted by Gasteiger charge is -2.04. The van der Waals surface area contributed by atoms with Crippen molar-refractivity contribution in [2.45, 2.75) is 6.18 Å². The van der Waals surface area contributed by atoms with Crippen molar-refractivity contribution in [3.8, 4) is 0 Å². The van der Waals surface area contributed by atoms with Crippen LogP contribution in [0.1, 0.15) is 16.2 Å². The Morgan fingerprint density at radius 1 is 1.38 bits per heavy atom. The first-order chi connectivity index (χ1) is 7.38. The number of hydrogen-bond acceptors (Lipinski definition) is 3. The standard InChI is InChI=1S/C9H4F3NO3/c10-9(11,12)4-1-2-6-5(3-4)13-7(16-6)8(14)15/h1-3H,(H,14,15). The van der Waals surface area contributed by atoms with Gasteiger partial charge in [-0.2, -0.15) is 13.2 Å². The highest BCUT2D eigenvalue weighted by Crippen LogP contribution is 2.31. The number of carboxylic acid groups (broad SMARTS) is 1. The molecule has 1 aromatic carbocycles. The molecule has 16 heavy (non-hydrogen) atoms. The van der Waals surface area contributed by atoms with Gasteiger partial charge in [-0.05, 0) is 18.2 Å². The number of nitrogens with zero attached hydrogens (tertiary/aromatic N) is 1. The van der Waals surface area contributed by atoms with E-state index in [1.54, 1.807) is 0 Å². The maximum absolute atomic E-state index is 12.3. The second-order valence-electron chi connectivity index (χ2n) is 3.00. The first-order valence-corrected chi connectivity index (χ1v) is 4.09. The Labute approximate surface area is 86.3 Å². The van der Waals surface area contributed by atoms with Crippen LogP contribution in [0.2, 0.25) is 0 Å². The van der Waals surface area contributed by atoms with Crippen molar-refractivity contribution in [3.05, 3.63) is 29.7 Å². The van der Waals surface area contributed by atoms with Crippen molar-refractivity contribution in [1.82, 2.24) is 4.98 Å². The van der Waals surface area contributed by atoms with Gasteiger partial charge in [-0.1, -0.05) is 0 Å². The van der Waals surface area contributed by atoms with Gasteiger partial charge in [-0.15, -0.1) is 0 Å². The number of hydrogen-bond donors (Lipinski definition) is 1. The summed E-state index contributed by atoms with van der Waals surface area (Å²) in [6.07, 6.45) is -4.49. The Bertz CT molecular complexity index is 559. The first kappa shape index (κ1) is 10.5. The maximum atomic E-state index is 12.3. The van der Waals surface area contributed by atoms with E-state index < -0.39 is 23.6 Å². The van der Waals surface area contributed by atoms with Gasteiger partial charge in [0.1, 0.15) is 5.52 Å². The number of carbonyl (C=O) groups is 1. The minimum Gasteiger partial charge on any atom is -0.474 e. The van der Waals surface area contributed by atoms with Gasteiger partial charge in [-0.3, -0.25) is 0 Å². The molecule has 0 aliphatic carbocycles. The number of aromatic nitrogens is 1. The zero-order chi connectivity index (χ0) is 11.9. The molecule has 0 amide bonds. The van der Waals surface area contributed by atoms with Gasteiger partial charge >= 0.3 is 18.0 Å². The van der Waals surface area contributed by atoms with E-state index in [1.807, 2.05) is 0 Å². The summed E-state index contributed by atoms with van der Waals surface area (Å²) in [5.41, 5.74) is -1.03. The number of rotatable bonds is 1. The summed E-state index contributed by atoms with van der Waals surface area (Å²) in [5, 5.41) is 8.54. The Balaban J connectivity index is 2.58. The van der Waals surface area contributed by atoms with Crippen molar-refractivity contribution in [3.63, 3.8) is 0 Å². The molecule has 4 nitrogen and oxygen atoms in total. The lowest BCUT2D eigenvalue weighted by atomic mass is 10.2. The van der Waals surface area contributed by atoms with Crippen LogP contribution in [0.5, 0.6) is 0 Å². The number of carboxylic acids is 1. The fourth-order valence-electron chi connectivity index (χ4n) is 1.20. The molecular weight excluding hydrogens is 227 g/mol. The molecule has 1 heterocycles. The van der Waals surface area contributed by atoms with Crippen LogP contribution >= 0.6 is 0 Å². The summed E-state index contributed by atoms with van der Waals surface area (Å²) >= 11 is 0. The SMILES string of the molecule is O=C(O)c1nc2cc(C(F)(F)F)ccc2o1. The summed E-state index contributed by atoms with van der Waals surface area (Å²) in [6, 6.07) is 2.59. The van der Waals surface area contributed by atoms with Gasteiger partial charge in [0.2, 0.25) is 0 Å². The van der Waals surface area contributed by atoms with Crippen molar-refractivity contribution in [1.29, 1.82) is 0 Å². The first-order valence-electron chi connectivity index (χ1n) is 4.09. The summed E-state index contributed by atoms with van der Waals surface area (Å²) in [6.45, 7) is 0. The predicted molar refractivity (Wildman–Crippen MR) is 46.0 cm³/mol. The van der Waals surface area contributed by atoms with Gasteiger partial charge in [0, 0.05) is 0 Å². The second kappa shape index (κ2) is 3.22. The molecule has 0 radical (unpaired) electrons. The summed E-state index contributed by atoms with van der Waals surface area (Å²) in [7, 11) is 0. The Hall–Kier alpha value is -2.05. The third-order valence-corrected chi connectivity index (χ3v) is 1.90. The van der Waals surface area contributed by atoms with E-state index >= 15 is 0 Å². The van der Waals surface area contributed by atoms with Crippen molar-refractivity contribution < 1.29 is 27.5 Å². The molecule has 7 heteroatoms. The van der Waals surface area contributed by atoms with Crippen molar-refractivity contribution in [2.24, 2.45) is 0 Å². The molecule has 0 aliphatic heterocycles. The van der Waals surface area contributed by atoms with Gasteiger partial charge < -0.3 is 9.52 Å². The van der Waals surface area contributed by atoms with Crippen LogP contribution in [0.3, 0.4) is 0 Å². The highest BCUT2D eigenvalue weighted by Gasteiger charge is 2.31. The Morgan fingerprint density at radius 3 is 2.62 bits per heavy atom. The molecule has 84 valence electrons. The van der Waals surface area contributed by atoms with E-state index in [1.165, 1.54) is 0 Å². The molecule has 1 N–H and O–H groups in total. The zero-order valence-electron chi connectivity index (χ0n) is 7.58. The van der Waals surface area contributed by atoms with Crippen LogP contribution in [0.25, 0.3) is 11.1 Å². The lowest BCUT2D eigenvalue weighted by molar-refractivity contribution is -0.137. The molecule has 0 spiro atoms. The average molecular weight is 231 g/mol. The molecule has 0 saturated carbocycles. The molecule has 0 atom stereocenters. The van der Waals surface area contributed by atoms with Gasteiger partial charge in [0.25, 0.3) is 0 Å². The minimum absolute atomic E-state index is 0.00500. The van der Waals surface area contributed by atoms with Crippen molar-refractivity contribution >= 4 is 17.1 Å². The zero-order valence-corrected chi connectivity index (χ0v) is 7.58.